The monoisotopic (exact) mass is 299 g/mol. The Morgan fingerprint density at radius 1 is 1.14 bits per heavy atom. The molecule has 0 atom stereocenters. The molecule has 1 N–H and O–H groups in total. The van der Waals surface area contributed by atoms with Gasteiger partial charge in [0.05, 0.1) is 5.41 Å². The Bertz CT molecular complexity index is 659. The molecule has 1 aliphatic carbocycles. The molecule has 0 unspecified atom stereocenters. The van der Waals surface area contributed by atoms with E-state index in [9.17, 15) is 4.79 Å². The van der Waals surface area contributed by atoms with E-state index in [0.29, 0.717) is 11.6 Å². The second kappa shape index (κ2) is 5.53. The molecule has 1 amide bonds. The lowest BCUT2D eigenvalue weighted by Crippen LogP contribution is -2.34. The van der Waals surface area contributed by atoms with Crippen molar-refractivity contribution in [2.45, 2.75) is 31.7 Å². The third-order valence-corrected chi connectivity index (χ3v) is 4.55. The fourth-order valence-corrected chi connectivity index (χ4v) is 2.83. The molecule has 21 heavy (non-hydrogen) atoms. The zero-order chi connectivity index (χ0) is 14.9. The van der Waals surface area contributed by atoms with Crippen molar-refractivity contribution in [2.75, 3.05) is 0 Å². The highest BCUT2D eigenvalue weighted by Crippen LogP contribution is 2.48. The number of halogens is 1. The number of hydrogen-bond acceptors (Lipinski definition) is 1. The Morgan fingerprint density at radius 2 is 1.81 bits per heavy atom. The minimum Gasteiger partial charge on any atom is -0.351 e. The first-order chi connectivity index (χ1) is 10.1. The maximum Gasteiger partial charge on any atom is 0.230 e. The van der Waals surface area contributed by atoms with Crippen LogP contribution in [-0.4, -0.2) is 5.91 Å². The summed E-state index contributed by atoms with van der Waals surface area (Å²) in [5.74, 6) is 0.103. The minimum atomic E-state index is -0.324. The summed E-state index contributed by atoms with van der Waals surface area (Å²) in [4.78, 5) is 12.5. The van der Waals surface area contributed by atoms with E-state index in [1.807, 2.05) is 24.3 Å². The summed E-state index contributed by atoms with van der Waals surface area (Å²) < 4.78 is 0. The Morgan fingerprint density at radius 3 is 2.43 bits per heavy atom. The number of nitrogens with one attached hydrogen (secondary N) is 1. The molecule has 3 rings (SSSR count). The van der Waals surface area contributed by atoms with Crippen LogP contribution in [-0.2, 0) is 16.8 Å². The molecule has 108 valence electrons. The molecule has 3 heteroatoms. The molecule has 0 heterocycles. The molecule has 2 aromatic rings. The Labute approximate surface area is 130 Å². The number of rotatable bonds is 4. The van der Waals surface area contributed by atoms with E-state index in [1.165, 1.54) is 5.56 Å². The third-order valence-electron chi connectivity index (χ3n) is 4.19. The molecule has 1 aliphatic rings. The number of hydrogen-bond donors (Lipinski definition) is 1. The van der Waals surface area contributed by atoms with Gasteiger partial charge >= 0.3 is 0 Å². The van der Waals surface area contributed by atoms with Gasteiger partial charge in [-0.2, -0.15) is 0 Å². The van der Waals surface area contributed by atoms with E-state index in [-0.39, 0.29) is 11.3 Å². The van der Waals surface area contributed by atoms with Crippen LogP contribution in [0.4, 0.5) is 0 Å². The Hall–Kier alpha value is -1.80. The molecule has 0 radical (unpaired) electrons. The van der Waals surface area contributed by atoms with Gasteiger partial charge in [0.1, 0.15) is 0 Å². The van der Waals surface area contributed by atoms with E-state index in [2.05, 4.69) is 36.5 Å². The maximum absolute atomic E-state index is 12.5. The predicted molar refractivity (Wildman–Crippen MR) is 85.4 cm³/mol. The van der Waals surface area contributed by atoms with Crippen LogP contribution in [0.5, 0.6) is 0 Å². The number of carbonyl (C=O) groups excluding carboxylic acids is 1. The van der Waals surface area contributed by atoms with Crippen molar-refractivity contribution in [3.8, 4) is 0 Å². The van der Waals surface area contributed by atoms with Crippen LogP contribution in [0.2, 0.25) is 5.02 Å². The summed E-state index contributed by atoms with van der Waals surface area (Å²) in [6, 6.07) is 15.9. The molecule has 0 saturated heterocycles. The van der Waals surface area contributed by atoms with Gasteiger partial charge in [-0.25, -0.2) is 0 Å². The van der Waals surface area contributed by atoms with Crippen LogP contribution in [0, 0.1) is 6.92 Å². The number of benzene rings is 2. The van der Waals surface area contributed by atoms with Crippen LogP contribution in [0.1, 0.15) is 29.5 Å². The van der Waals surface area contributed by atoms with E-state index >= 15 is 0 Å². The number of amides is 1. The van der Waals surface area contributed by atoms with Crippen LogP contribution >= 0.6 is 11.6 Å². The third kappa shape index (κ3) is 2.81. The molecule has 2 nitrogen and oxygen atoms in total. The topological polar surface area (TPSA) is 29.1 Å². The van der Waals surface area contributed by atoms with Crippen LogP contribution in [0.25, 0.3) is 0 Å². The van der Waals surface area contributed by atoms with E-state index in [4.69, 9.17) is 11.6 Å². The smallest absolute Gasteiger partial charge is 0.230 e. The second-order valence-electron chi connectivity index (χ2n) is 5.72. The highest BCUT2D eigenvalue weighted by molar-refractivity contribution is 6.31. The fourth-order valence-electron chi connectivity index (χ4n) is 2.63. The maximum atomic E-state index is 12.5. The fraction of sp³-hybridized carbons (Fsp3) is 0.278. The van der Waals surface area contributed by atoms with Gasteiger partial charge in [-0.05, 0) is 37.0 Å². The van der Waals surface area contributed by atoms with Crippen molar-refractivity contribution in [1.82, 2.24) is 5.32 Å². The van der Waals surface area contributed by atoms with Gasteiger partial charge < -0.3 is 5.32 Å². The first-order valence-corrected chi connectivity index (χ1v) is 7.58. The lowest BCUT2D eigenvalue weighted by atomic mass is 9.94. The van der Waals surface area contributed by atoms with Crippen molar-refractivity contribution in [1.29, 1.82) is 0 Å². The Kier molecular flexibility index (Phi) is 3.73. The molecule has 0 aromatic heterocycles. The molecule has 0 spiro atoms. The average molecular weight is 300 g/mol. The number of aryl methyl sites for hydroxylation is 1. The SMILES string of the molecule is Cc1ccc(C2(C(=O)NCc3ccccc3Cl)CC2)cc1. The van der Waals surface area contributed by atoms with Gasteiger partial charge in [0.2, 0.25) is 5.91 Å². The van der Waals surface area contributed by atoms with Crippen molar-refractivity contribution in [3.63, 3.8) is 0 Å². The minimum absolute atomic E-state index is 0.103. The highest BCUT2D eigenvalue weighted by atomic mass is 35.5. The normalized spacial score (nSPS) is 15.5. The molecule has 1 saturated carbocycles. The van der Waals surface area contributed by atoms with Gasteiger partial charge in [0, 0.05) is 11.6 Å². The lowest BCUT2D eigenvalue weighted by molar-refractivity contribution is -0.123. The average Bonchev–Trinajstić information content (AvgIpc) is 3.28. The van der Waals surface area contributed by atoms with E-state index in [1.54, 1.807) is 0 Å². The summed E-state index contributed by atoms with van der Waals surface area (Å²) >= 11 is 6.12. The largest absolute Gasteiger partial charge is 0.351 e. The van der Waals surface area contributed by atoms with E-state index in [0.717, 1.165) is 24.0 Å². The highest BCUT2D eigenvalue weighted by Gasteiger charge is 2.50. The zero-order valence-corrected chi connectivity index (χ0v) is 12.8. The van der Waals surface area contributed by atoms with E-state index < -0.39 is 0 Å². The molecular formula is C18H18ClNO. The van der Waals surface area contributed by atoms with Gasteiger partial charge in [0.15, 0.2) is 0 Å². The standard InChI is InChI=1S/C18H18ClNO/c1-13-6-8-15(9-7-13)18(10-11-18)17(21)20-12-14-4-2-3-5-16(14)19/h2-9H,10-12H2,1H3,(H,20,21). The first kappa shape index (κ1) is 14.2. The van der Waals surface area contributed by atoms with Crippen LogP contribution < -0.4 is 5.32 Å². The summed E-state index contributed by atoms with van der Waals surface area (Å²) in [6.07, 6.45) is 1.84. The van der Waals surface area contributed by atoms with Crippen molar-refractivity contribution in [3.05, 3.63) is 70.2 Å². The predicted octanol–water partition coefficient (Wildman–Crippen LogP) is 4.00. The molecule has 2 aromatic carbocycles. The second-order valence-corrected chi connectivity index (χ2v) is 6.13. The molecule has 0 aliphatic heterocycles. The van der Waals surface area contributed by atoms with Crippen molar-refractivity contribution < 1.29 is 4.79 Å². The molecule has 0 bridgehead atoms. The Balaban J connectivity index is 1.71. The summed E-state index contributed by atoms with van der Waals surface area (Å²) in [5, 5.41) is 3.72. The molecular weight excluding hydrogens is 282 g/mol. The zero-order valence-electron chi connectivity index (χ0n) is 12.0. The first-order valence-electron chi connectivity index (χ1n) is 7.21. The number of carbonyl (C=O) groups is 1. The van der Waals surface area contributed by atoms with Crippen LogP contribution in [0.3, 0.4) is 0 Å². The van der Waals surface area contributed by atoms with Crippen LogP contribution in [0.15, 0.2) is 48.5 Å². The summed E-state index contributed by atoms with van der Waals surface area (Å²) in [7, 11) is 0. The molecule has 1 fully saturated rings. The summed E-state index contributed by atoms with van der Waals surface area (Å²) in [5.41, 5.74) is 2.96. The summed E-state index contributed by atoms with van der Waals surface area (Å²) in [6.45, 7) is 2.53. The van der Waals surface area contributed by atoms with Crippen molar-refractivity contribution >= 4 is 17.5 Å². The lowest BCUT2D eigenvalue weighted by Gasteiger charge is -2.16. The van der Waals surface area contributed by atoms with Gasteiger partial charge in [0.25, 0.3) is 0 Å². The van der Waals surface area contributed by atoms with Gasteiger partial charge in [-0.15, -0.1) is 0 Å². The van der Waals surface area contributed by atoms with Gasteiger partial charge in [-0.3, -0.25) is 4.79 Å². The van der Waals surface area contributed by atoms with Crippen molar-refractivity contribution in [2.24, 2.45) is 0 Å². The quantitative estimate of drug-likeness (QED) is 0.908. The van der Waals surface area contributed by atoms with Gasteiger partial charge in [-0.1, -0.05) is 59.6 Å².